The number of hydrogen-bond donors (Lipinski definition) is 1. The fraction of sp³-hybridized carbons (Fsp3) is 0.571. The smallest absolute Gasteiger partial charge is 0.329 e. The van der Waals surface area contributed by atoms with Gasteiger partial charge in [-0.15, -0.1) is 0 Å². The molecule has 106 valence electrons. The van der Waals surface area contributed by atoms with Gasteiger partial charge in [0.25, 0.3) is 0 Å². The average molecular weight is 272 g/mol. The second kappa shape index (κ2) is 5.51. The van der Waals surface area contributed by atoms with E-state index in [0.29, 0.717) is 18.0 Å². The normalized spacial score (nSPS) is 17.8. The van der Waals surface area contributed by atoms with Crippen molar-refractivity contribution in [2.45, 2.75) is 25.1 Å². The molecular formula is C14H19F3N2. The molecule has 1 saturated carbocycles. The number of alkyl halides is 3. The lowest BCUT2D eigenvalue weighted by atomic mass is 10.0. The fourth-order valence-electron chi connectivity index (χ4n) is 2.33. The third kappa shape index (κ3) is 3.70. The standard InChI is InChI=1S/C14H19F3N2/c1-19(9-10-5-6-10)13(8-18)11-3-2-4-12(7-11)14(15,16)17/h2-4,7,10,13H,5-6,8-9,18H2,1H3. The van der Waals surface area contributed by atoms with E-state index in [1.54, 1.807) is 6.07 Å². The summed E-state index contributed by atoms with van der Waals surface area (Å²) in [5.74, 6) is 0.685. The van der Waals surface area contributed by atoms with Gasteiger partial charge in [0.05, 0.1) is 5.56 Å². The summed E-state index contributed by atoms with van der Waals surface area (Å²) in [6, 6.07) is 5.32. The maximum atomic E-state index is 12.7. The third-order valence-corrected chi connectivity index (χ3v) is 3.60. The summed E-state index contributed by atoms with van der Waals surface area (Å²) >= 11 is 0. The van der Waals surface area contributed by atoms with Crippen molar-refractivity contribution < 1.29 is 13.2 Å². The molecule has 1 unspecified atom stereocenters. The Balaban J connectivity index is 2.17. The zero-order chi connectivity index (χ0) is 14.0. The monoisotopic (exact) mass is 272 g/mol. The van der Waals surface area contributed by atoms with Crippen LogP contribution in [0.25, 0.3) is 0 Å². The van der Waals surface area contributed by atoms with Crippen molar-refractivity contribution in [3.63, 3.8) is 0 Å². The van der Waals surface area contributed by atoms with Gasteiger partial charge in [0.15, 0.2) is 0 Å². The van der Waals surface area contributed by atoms with Crippen molar-refractivity contribution in [2.75, 3.05) is 20.1 Å². The first-order chi connectivity index (χ1) is 8.91. The van der Waals surface area contributed by atoms with Crippen LogP contribution in [0.15, 0.2) is 24.3 Å². The minimum atomic E-state index is -4.30. The predicted molar refractivity (Wildman–Crippen MR) is 68.6 cm³/mol. The predicted octanol–water partition coefficient (Wildman–Crippen LogP) is 3.05. The Labute approximate surface area is 111 Å². The highest BCUT2D eigenvalue weighted by Gasteiger charge is 2.32. The maximum absolute atomic E-state index is 12.7. The molecule has 1 aromatic carbocycles. The van der Waals surface area contributed by atoms with Crippen molar-refractivity contribution in [2.24, 2.45) is 11.7 Å². The van der Waals surface area contributed by atoms with Gasteiger partial charge in [-0.05, 0) is 43.5 Å². The molecule has 1 aliphatic rings. The Morgan fingerprint density at radius 1 is 1.37 bits per heavy atom. The van der Waals surface area contributed by atoms with Gasteiger partial charge in [-0.2, -0.15) is 13.2 Å². The molecular weight excluding hydrogens is 253 g/mol. The Bertz CT molecular complexity index is 427. The first-order valence-corrected chi connectivity index (χ1v) is 6.49. The first kappa shape index (κ1) is 14.3. The Morgan fingerprint density at radius 3 is 2.58 bits per heavy atom. The van der Waals surface area contributed by atoms with Crippen molar-refractivity contribution in [3.8, 4) is 0 Å². The number of nitrogens with zero attached hydrogens (tertiary/aromatic N) is 1. The van der Waals surface area contributed by atoms with Gasteiger partial charge in [0.1, 0.15) is 0 Å². The Hall–Kier alpha value is -1.07. The van der Waals surface area contributed by atoms with Crippen LogP contribution in [0.5, 0.6) is 0 Å². The van der Waals surface area contributed by atoms with Crippen LogP contribution in [-0.2, 0) is 6.18 Å². The van der Waals surface area contributed by atoms with Crippen molar-refractivity contribution >= 4 is 0 Å². The lowest BCUT2D eigenvalue weighted by Gasteiger charge is -2.27. The van der Waals surface area contributed by atoms with Gasteiger partial charge in [0.2, 0.25) is 0 Å². The van der Waals surface area contributed by atoms with Crippen LogP contribution in [-0.4, -0.2) is 25.0 Å². The molecule has 2 rings (SSSR count). The molecule has 1 aromatic rings. The van der Waals surface area contributed by atoms with E-state index >= 15 is 0 Å². The maximum Gasteiger partial charge on any atom is 0.416 e. The summed E-state index contributed by atoms with van der Waals surface area (Å²) in [5, 5.41) is 0. The van der Waals surface area contributed by atoms with E-state index in [2.05, 4.69) is 4.90 Å². The van der Waals surface area contributed by atoms with E-state index < -0.39 is 11.7 Å². The van der Waals surface area contributed by atoms with E-state index in [0.717, 1.165) is 12.6 Å². The quantitative estimate of drug-likeness (QED) is 0.892. The van der Waals surface area contributed by atoms with Gasteiger partial charge in [-0.1, -0.05) is 12.1 Å². The molecule has 5 heteroatoms. The van der Waals surface area contributed by atoms with Gasteiger partial charge < -0.3 is 5.73 Å². The molecule has 1 atom stereocenters. The van der Waals surface area contributed by atoms with E-state index in [9.17, 15) is 13.2 Å². The van der Waals surface area contributed by atoms with Gasteiger partial charge in [-0.3, -0.25) is 4.90 Å². The molecule has 0 amide bonds. The Kier molecular flexibility index (Phi) is 4.16. The number of likely N-dealkylation sites (N-methyl/N-ethyl adjacent to an activating group) is 1. The summed E-state index contributed by atoms with van der Waals surface area (Å²) in [4.78, 5) is 2.06. The van der Waals surface area contributed by atoms with E-state index in [4.69, 9.17) is 5.73 Å². The lowest BCUT2D eigenvalue weighted by molar-refractivity contribution is -0.137. The second-order valence-electron chi connectivity index (χ2n) is 5.26. The van der Waals surface area contributed by atoms with Crippen LogP contribution in [0, 0.1) is 5.92 Å². The molecule has 2 N–H and O–H groups in total. The number of nitrogens with two attached hydrogens (primary N) is 1. The van der Waals surface area contributed by atoms with Gasteiger partial charge in [0, 0.05) is 19.1 Å². The van der Waals surface area contributed by atoms with Crippen LogP contribution in [0.2, 0.25) is 0 Å². The largest absolute Gasteiger partial charge is 0.416 e. The molecule has 0 heterocycles. The van der Waals surface area contributed by atoms with Crippen molar-refractivity contribution in [1.29, 1.82) is 0 Å². The first-order valence-electron chi connectivity index (χ1n) is 6.49. The third-order valence-electron chi connectivity index (χ3n) is 3.60. The molecule has 0 saturated heterocycles. The van der Waals surface area contributed by atoms with Crippen LogP contribution in [0.4, 0.5) is 13.2 Å². The van der Waals surface area contributed by atoms with Gasteiger partial charge >= 0.3 is 6.18 Å². The highest BCUT2D eigenvalue weighted by atomic mass is 19.4. The van der Waals surface area contributed by atoms with Crippen molar-refractivity contribution in [1.82, 2.24) is 4.90 Å². The average Bonchev–Trinajstić information content (AvgIpc) is 3.13. The number of benzene rings is 1. The minimum Gasteiger partial charge on any atom is -0.329 e. The van der Waals surface area contributed by atoms with Crippen LogP contribution < -0.4 is 5.73 Å². The molecule has 0 bridgehead atoms. The van der Waals surface area contributed by atoms with E-state index in [-0.39, 0.29) is 6.04 Å². The SMILES string of the molecule is CN(CC1CC1)C(CN)c1cccc(C(F)(F)F)c1. The van der Waals surface area contributed by atoms with Gasteiger partial charge in [-0.25, -0.2) is 0 Å². The van der Waals surface area contributed by atoms with Crippen LogP contribution >= 0.6 is 0 Å². The lowest BCUT2D eigenvalue weighted by Crippen LogP contribution is -2.32. The number of halogens is 3. The highest BCUT2D eigenvalue weighted by molar-refractivity contribution is 5.28. The molecule has 1 aliphatic carbocycles. The summed E-state index contributed by atoms with van der Waals surface area (Å²) in [5.41, 5.74) is 5.77. The topological polar surface area (TPSA) is 29.3 Å². The van der Waals surface area contributed by atoms with E-state index in [1.807, 2.05) is 7.05 Å². The summed E-state index contributed by atoms with van der Waals surface area (Å²) in [7, 11) is 1.93. The second-order valence-corrected chi connectivity index (χ2v) is 5.26. The summed E-state index contributed by atoms with van der Waals surface area (Å²) < 4.78 is 38.1. The highest BCUT2D eigenvalue weighted by Crippen LogP contribution is 2.34. The zero-order valence-electron chi connectivity index (χ0n) is 11.0. The molecule has 2 nitrogen and oxygen atoms in total. The van der Waals surface area contributed by atoms with Crippen LogP contribution in [0.3, 0.4) is 0 Å². The summed E-state index contributed by atoms with van der Waals surface area (Å²) in [6.07, 6.45) is -1.88. The molecule has 0 aromatic heterocycles. The fourth-order valence-corrected chi connectivity index (χ4v) is 2.33. The van der Waals surface area contributed by atoms with Crippen LogP contribution in [0.1, 0.15) is 30.0 Å². The number of rotatable bonds is 5. The molecule has 19 heavy (non-hydrogen) atoms. The van der Waals surface area contributed by atoms with E-state index in [1.165, 1.54) is 25.0 Å². The van der Waals surface area contributed by atoms with Crippen molar-refractivity contribution in [3.05, 3.63) is 35.4 Å². The molecule has 0 aliphatic heterocycles. The Morgan fingerprint density at radius 2 is 2.05 bits per heavy atom. The minimum absolute atomic E-state index is 0.150. The molecule has 1 fully saturated rings. The molecule has 0 radical (unpaired) electrons. The number of hydrogen-bond acceptors (Lipinski definition) is 2. The zero-order valence-corrected chi connectivity index (χ0v) is 11.0. The summed E-state index contributed by atoms with van der Waals surface area (Å²) in [6.45, 7) is 1.22. The molecule has 0 spiro atoms.